The lowest BCUT2D eigenvalue weighted by Crippen LogP contribution is -1.94. The molecule has 4 nitrogen and oxygen atoms in total. The van der Waals surface area contributed by atoms with Gasteiger partial charge in [0, 0.05) is 11.6 Å². The molecule has 0 aliphatic carbocycles. The molecule has 0 bridgehead atoms. The van der Waals surface area contributed by atoms with Crippen molar-refractivity contribution in [1.29, 1.82) is 0 Å². The average Bonchev–Trinajstić information content (AvgIpc) is 2.41. The Bertz CT molecular complexity index is 671. The molecule has 0 aliphatic heterocycles. The zero-order valence-electron chi connectivity index (χ0n) is 9.47. The van der Waals surface area contributed by atoms with Gasteiger partial charge in [0.2, 0.25) is 0 Å². The van der Waals surface area contributed by atoms with Crippen molar-refractivity contribution < 1.29 is 9.72 Å². The Morgan fingerprint density at radius 3 is 2.37 bits per heavy atom. The highest BCUT2D eigenvalue weighted by molar-refractivity contribution is 6.42. The zero-order valence-corrected chi connectivity index (χ0v) is 11.0. The molecule has 0 heterocycles. The molecule has 0 saturated heterocycles. The molecule has 0 N–H and O–H groups in total. The second kappa shape index (κ2) is 5.38. The third-order valence-electron chi connectivity index (χ3n) is 2.59. The first-order valence-electron chi connectivity index (χ1n) is 5.22. The highest BCUT2D eigenvalue weighted by Crippen LogP contribution is 2.34. The highest BCUT2D eigenvalue weighted by atomic mass is 35.5. The molecule has 0 unspecified atom stereocenters. The van der Waals surface area contributed by atoms with Crippen molar-refractivity contribution in [3.63, 3.8) is 0 Å². The van der Waals surface area contributed by atoms with Crippen LogP contribution in [0.5, 0.6) is 0 Å². The van der Waals surface area contributed by atoms with E-state index in [0.717, 1.165) is 0 Å². The van der Waals surface area contributed by atoms with Gasteiger partial charge in [-0.05, 0) is 23.8 Å². The fraction of sp³-hybridized carbons (Fsp3) is 0. The van der Waals surface area contributed by atoms with Crippen LogP contribution >= 0.6 is 23.2 Å². The summed E-state index contributed by atoms with van der Waals surface area (Å²) in [6, 6.07) is 9.00. The van der Waals surface area contributed by atoms with E-state index in [2.05, 4.69) is 0 Å². The monoisotopic (exact) mass is 295 g/mol. The van der Waals surface area contributed by atoms with Gasteiger partial charge in [0.05, 0.1) is 20.5 Å². The van der Waals surface area contributed by atoms with Gasteiger partial charge in [0.15, 0.2) is 0 Å². The molecule has 0 aromatic heterocycles. The second-order valence-corrected chi connectivity index (χ2v) is 4.59. The number of halogens is 2. The molecule has 19 heavy (non-hydrogen) atoms. The van der Waals surface area contributed by atoms with Gasteiger partial charge in [-0.25, -0.2) is 0 Å². The van der Waals surface area contributed by atoms with E-state index in [0.29, 0.717) is 27.5 Å². The lowest BCUT2D eigenvalue weighted by atomic mass is 10.0. The van der Waals surface area contributed by atoms with Crippen LogP contribution in [0.1, 0.15) is 10.4 Å². The largest absolute Gasteiger partial charge is 0.298 e. The van der Waals surface area contributed by atoms with Crippen molar-refractivity contribution in [3.05, 3.63) is 62.1 Å². The topological polar surface area (TPSA) is 60.2 Å². The summed E-state index contributed by atoms with van der Waals surface area (Å²) in [6.45, 7) is 0. The maximum absolute atomic E-state index is 11.0. The number of benzene rings is 2. The van der Waals surface area contributed by atoms with E-state index >= 15 is 0 Å². The number of nitro benzene ring substituents is 1. The van der Waals surface area contributed by atoms with E-state index in [-0.39, 0.29) is 11.3 Å². The summed E-state index contributed by atoms with van der Waals surface area (Å²) in [5.41, 5.74) is 1.05. The van der Waals surface area contributed by atoms with Gasteiger partial charge in [-0.1, -0.05) is 35.3 Å². The molecule has 6 heteroatoms. The second-order valence-electron chi connectivity index (χ2n) is 3.78. The Labute approximate surface area is 118 Å². The van der Waals surface area contributed by atoms with Crippen molar-refractivity contribution in [3.8, 4) is 11.1 Å². The van der Waals surface area contributed by atoms with Crippen LogP contribution in [0.2, 0.25) is 10.0 Å². The SMILES string of the molecule is O=Cc1ccc(-c2ccc(Cl)c(Cl)c2)c([N+](=O)[O-])c1. The molecule has 0 aliphatic rings. The predicted octanol–water partition coefficient (Wildman–Crippen LogP) is 4.38. The first-order valence-corrected chi connectivity index (χ1v) is 5.97. The van der Waals surface area contributed by atoms with E-state index in [1.54, 1.807) is 18.2 Å². The molecule has 0 saturated carbocycles. The number of rotatable bonds is 3. The predicted molar refractivity (Wildman–Crippen MR) is 73.9 cm³/mol. The Kier molecular flexibility index (Phi) is 3.83. The van der Waals surface area contributed by atoms with Gasteiger partial charge in [-0.3, -0.25) is 14.9 Å². The standard InChI is InChI=1S/C13H7Cl2NO3/c14-11-4-2-9(6-12(11)15)10-3-1-8(7-17)5-13(10)16(18)19/h1-7H. The summed E-state index contributed by atoms with van der Waals surface area (Å²) >= 11 is 11.7. The Balaban J connectivity index is 2.63. The highest BCUT2D eigenvalue weighted by Gasteiger charge is 2.16. The average molecular weight is 296 g/mol. The van der Waals surface area contributed by atoms with E-state index < -0.39 is 4.92 Å². The Hall–Kier alpha value is -1.91. The lowest BCUT2D eigenvalue weighted by Gasteiger charge is -2.05. The maximum Gasteiger partial charge on any atom is 0.277 e. The smallest absolute Gasteiger partial charge is 0.277 e. The quantitative estimate of drug-likeness (QED) is 0.479. The number of hydrogen-bond donors (Lipinski definition) is 0. The molecular formula is C13H7Cl2NO3. The van der Waals surface area contributed by atoms with Gasteiger partial charge < -0.3 is 0 Å². The van der Waals surface area contributed by atoms with Crippen LogP contribution in [0.15, 0.2) is 36.4 Å². The van der Waals surface area contributed by atoms with Crippen molar-refractivity contribution in [2.75, 3.05) is 0 Å². The van der Waals surface area contributed by atoms with Gasteiger partial charge >= 0.3 is 0 Å². The van der Waals surface area contributed by atoms with Crippen LogP contribution in [-0.2, 0) is 0 Å². The summed E-state index contributed by atoms with van der Waals surface area (Å²) in [5.74, 6) is 0. The van der Waals surface area contributed by atoms with Crippen LogP contribution in [0, 0.1) is 10.1 Å². The summed E-state index contributed by atoms with van der Waals surface area (Å²) < 4.78 is 0. The molecule has 0 atom stereocenters. The van der Waals surface area contributed by atoms with E-state index in [9.17, 15) is 14.9 Å². The lowest BCUT2D eigenvalue weighted by molar-refractivity contribution is -0.384. The minimum atomic E-state index is -0.537. The van der Waals surface area contributed by atoms with Crippen LogP contribution < -0.4 is 0 Å². The van der Waals surface area contributed by atoms with Crippen LogP contribution in [0.3, 0.4) is 0 Å². The van der Waals surface area contributed by atoms with Gasteiger partial charge in [-0.2, -0.15) is 0 Å². The fourth-order valence-corrected chi connectivity index (χ4v) is 1.98. The molecule has 96 valence electrons. The first-order chi connectivity index (χ1) is 9.02. The summed E-state index contributed by atoms with van der Waals surface area (Å²) in [6.07, 6.45) is 0.561. The van der Waals surface area contributed by atoms with Crippen molar-refractivity contribution in [2.24, 2.45) is 0 Å². The van der Waals surface area contributed by atoms with Crippen LogP contribution in [0.4, 0.5) is 5.69 Å². The molecule has 0 radical (unpaired) electrons. The molecule has 0 spiro atoms. The third kappa shape index (κ3) is 2.75. The Morgan fingerprint density at radius 2 is 1.79 bits per heavy atom. The van der Waals surface area contributed by atoms with Crippen molar-refractivity contribution in [1.82, 2.24) is 0 Å². The maximum atomic E-state index is 11.0. The normalized spacial score (nSPS) is 10.2. The summed E-state index contributed by atoms with van der Waals surface area (Å²) in [7, 11) is 0. The van der Waals surface area contributed by atoms with Crippen LogP contribution in [0.25, 0.3) is 11.1 Å². The van der Waals surface area contributed by atoms with Gasteiger partial charge in [0.25, 0.3) is 5.69 Å². The first kappa shape index (κ1) is 13.5. The van der Waals surface area contributed by atoms with Crippen molar-refractivity contribution >= 4 is 35.2 Å². The number of nitro groups is 1. The Morgan fingerprint density at radius 1 is 1.05 bits per heavy atom. The number of carbonyl (C=O) groups is 1. The molecule has 2 aromatic carbocycles. The minimum Gasteiger partial charge on any atom is -0.298 e. The van der Waals surface area contributed by atoms with Crippen LogP contribution in [-0.4, -0.2) is 11.2 Å². The zero-order chi connectivity index (χ0) is 14.0. The van der Waals surface area contributed by atoms with E-state index in [1.807, 2.05) is 0 Å². The molecule has 0 fully saturated rings. The molecule has 0 amide bonds. The van der Waals surface area contributed by atoms with E-state index in [1.165, 1.54) is 18.2 Å². The van der Waals surface area contributed by atoms with Gasteiger partial charge in [0.1, 0.15) is 6.29 Å². The summed E-state index contributed by atoms with van der Waals surface area (Å²) in [4.78, 5) is 21.2. The third-order valence-corrected chi connectivity index (χ3v) is 3.32. The van der Waals surface area contributed by atoms with E-state index in [4.69, 9.17) is 23.2 Å². The summed E-state index contributed by atoms with van der Waals surface area (Å²) in [5, 5.41) is 11.7. The minimum absolute atomic E-state index is 0.150. The molecule has 2 aromatic rings. The number of hydrogen-bond acceptors (Lipinski definition) is 3. The number of aldehydes is 1. The fourth-order valence-electron chi connectivity index (χ4n) is 1.68. The molecular weight excluding hydrogens is 289 g/mol. The molecule has 2 rings (SSSR count). The number of carbonyl (C=O) groups excluding carboxylic acids is 1. The van der Waals surface area contributed by atoms with Crippen molar-refractivity contribution in [2.45, 2.75) is 0 Å². The number of nitrogens with zero attached hydrogens (tertiary/aromatic N) is 1. The van der Waals surface area contributed by atoms with Gasteiger partial charge in [-0.15, -0.1) is 0 Å².